The molecular formula is C11H10INO4. The van der Waals surface area contributed by atoms with Gasteiger partial charge in [0, 0.05) is 16.7 Å². The molecule has 1 aliphatic rings. The molecule has 1 amide bonds. The van der Waals surface area contributed by atoms with Crippen LogP contribution in [0.15, 0.2) is 18.2 Å². The number of phenols is 1. The van der Waals surface area contributed by atoms with Crippen LogP contribution in [0.25, 0.3) is 0 Å². The van der Waals surface area contributed by atoms with Crippen LogP contribution in [0.1, 0.15) is 10.4 Å². The number of likely N-dealkylation sites (tertiary alicyclic amines) is 1. The minimum Gasteiger partial charge on any atom is -0.507 e. The molecular weight excluding hydrogens is 337 g/mol. The Kier molecular flexibility index (Phi) is 3.23. The monoisotopic (exact) mass is 347 g/mol. The number of hydrogen-bond donors (Lipinski definition) is 2. The topological polar surface area (TPSA) is 77.8 Å². The number of carbonyl (C=O) groups is 2. The molecule has 1 heterocycles. The van der Waals surface area contributed by atoms with Crippen molar-refractivity contribution in [1.29, 1.82) is 0 Å². The summed E-state index contributed by atoms with van der Waals surface area (Å²) in [7, 11) is 0. The molecule has 2 rings (SSSR count). The summed E-state index contributed by atoms with van der Waals surface area (Å²) >= 11 is 2.05. The third-order valence-electron chi connectivity index (χ3n) is 2.71. The fraction of sp³-hybridized carbons (Fsp3) is 0.273. The molecule has 0 atom stereocenters. The van der Waals surface area contributed by atoms with Crippen molar-refractivity contribution in [3.63, 3.8) is 0 Å². The summed E-state index contributed by atoms with van der Waals surface area (Å²) < 4.78 is 0.846. The Morgan fingerprint density at radius 3 is 2.59 bits per heavy atom. The van der Waals surface area contributed by atoms with Gasteiger partial charge in [-0.05, 0) is 40.8 Å². The second-order valence-corrected chi connectivity index (χ2v) is 5.15. The summed E-state index contributed by atoms with van der Waals surface area (Å²) in [5.41, 5.74) is 0.223. The van der Waals surface area contributed by atoms with Crippen LogP contribution in [0.2, 0.25) is 0 Å². The molecule has 1 aromatic carbocycles. The number of carboxylic acid groups (broad SMARTS) is 1. The molecule has 6 heteroatoms. The molecule has 0 unspecified atom stereocenters. The third-order valence-corrected chi connectivity index (χ3v) is 3.38. The lowest BCUT2D eigenvalue weighted by atomic mass is 9.99. The zero-order valence-corrected chi connectivity index (χ0v) is 10.9. The van der Waals surface area contributed by atoms with E-state index in [2.05, 4.69) is 0 Å². The summed E-state index contributed by atoms with van der Waals surface area (Å²) in [5.74, 6) is -1.77. The summed E-state index contributed by atoms with van der Waals surface area (Å²) in [6, 6.07) is 4.75. The highest BCUT2D eigenvalue weighted by Gasteiger charge is 2.36. The molecule has 5 nitrogen and oxygen atoms in total. The fourth-order valence-electron chi connectivity index (χ4n) is 1.65. The van der Waals surface area contributed by atoms with Crippen LogP contribution in [-0.2, 0) is 4.79 Å². The molecule has 1 aliphatic heterocycles. The number of carboxylic acids is 1. The minimum atomic E-state index is -0.888. The van der Waals surface area contributed by atoms with Crippen molar-refractivity contribution in [2.75, 3.05) is 13.1 Å². The predicted octanol–water partition coefficient (Wildman–Crippen LogP) is 1.15. The number of benzene rings is 1. The number of aromatic hydroxyl groups is 1. The SMILES string of the molecule is O=C(O)C1CN(C(=O)c2cc(I)ccc2O)C1. The van der Waals surface area contributed by atoms with Crippen molar-refractivity contribution in [3.8, 4) is 5.75 Å². The lowest BCUT2D eigenvalue weighted by Crippen LogP contribution is -2.53. The van der Waals surface area contributed by atoms with Gasteiger partial charge in [-0.2, -0.15) is 0 Å². The van der Waals surface area contributed by atoms with Gasteiger partial charge >= 0.3 is 5.97 Å². The summed E-state index contributed by atoms with van der Waals surface area (Å²) in [4.78, 5) is 24.0. The second kappa shape index (κ2) is 4.52. The smallest absolute Gasteiger partial charge is 0.310 e. The quantitative estimate of drug-likeness (QED) is 0.787. The number of nitrogens with zero attached hydrogens (tertiary/aromatic N) is 1. The Morgan fingerprint density at radius 1 is 1.35 bits per heavy atom. The van der Waals surface area contributed by atoms with Crippen molar-refractivity contribution in [1.82, 2.24) is 4.90 Å². The normalized spacial score (nSPS) is 15.5. The summed E-state index contributed by atoms with van der Waals surface area (Å²) in [6.45, 7) is 0.415. The van der Waals surface area contributed by atoms with E-state index in [0.29, 0.717) is 0 Å². The summed E-state index contributed by atoms with van der Waals surface area (Å²) in [6.07, 6.45) is 0. The molecule has 1 saturated heterocycles. The van der Waals surface area contributed by atoms with Crippen LogP contribution < -0.4 is 0 Å². The minimum absolute atomic E-state index is 0.0748. The van der Waals surface area contributed by atoms with E-state index in [-0.39, 0.29) is 30.3 Å². The van der Waals surface area contributed by atoms with Crippen molar-refractivity contribution >= 4 is 34.5 Å². The number of rotatable bonds is 2. The van der Waals surface area contributed by atoms with Gasteiger partial charge in [-0.25, -0.2) is 0 Å². The van der Waals surface area contributed by atoms with Crippen LogP contribution in [0.4, 0.5) is 0 Å². The maximum absolute atomic E-state index is 11.9. The largest absolute Gasteiger partial charge is 0.507 e. The van der Waals surface area contributed by atoms with Gasteiger partial charge in [-0.15, -0.1) is 0 Å². The number of halogens is 1. The highest BCUT2D eigenvalue weighted by atomic mass is 127. The first kappa shape index (κ1) is 12.2. The van der Waals surface area contributed by atoms with E-state index in [9.17, 15) is 14.7 Å². The lowest BCUT2D eigenvalue weighted by molar-refractivity contribution is -0.146. The number of aliphatic carboxylic acids is 1. The van der Waals surface area contributed by atoms with Gasteiger partial charge in [0.2, 0.25) is 0 Å². The van der Waals surface area contributed by atoms with Crippen molar-refractivity contribution in [3.05, 3.63) is 27.3 Å². The van der Waals surface area contributed by atoms with E-state index in [1.54, 1.807) is 12.1 Å². The number of phenolic OH excluding ortho intramolecular Hbond substituents is 1. The Labute approximate surface area is 111 Å². The standard InChI is InChI=1S/C11H10INO4/c12-7-1-2-9(14)8(3-7)10(15)13-4-6(5-13)11(16)17/h1-3,6,14H,4-5H2,(H,16,17). The maximum atomic E-state index is 11.9. The van der Waals surface area contributed by atoms with Gasteiger partial charge in [0.25, 0.3) is 5.91 Å². The van der Waals surface area contributed by atoms with Crippen LogP contribution in [0, 0.1) is 9.49 Å². The first-order chi connectivity index (χ1) is 7.99. The van der Waals surface area contributed by atoms with Crippen molar-refractivity contribution < 1.29 is 19.8 Å². The lowest BCUT2D eigenvalue weighted by Gasteiger charge is -2.36. The average molecular weight is 347 g/mol. The third kappa shape index (κ3) is 2.36. The first-order valence-corrected chi connectivity index (χ1v) is 6.07. The molecule has 90 valence electrons. The summed E-state index contributed by atoms with van der Waals surface area (Å²) in [5, 5.41) is 18.3. The van der Waals surface area contributed by atoms with E-state index in [0.717, 1.165) is 3.57 Å². The number of carbonyl (C=O) groups excluding carboxylic acids is 1. The highest BCUT2D eigenvalue weighted by molar-refractivity contribution is 14.1. The Hall–Kier alpha value is -1.31. The molecule has 0 aromatic heterocycles. The molecule has 17 heavy (non-hydrogen) atoms. The zero-order valence-electron chi connectivity index (χ0n) is 8.76. The van der Waals surface area contributed by atoms with Crippen LogP contribution in [-0.4, -0.2) is 40.1 Å². The molecule has 0 spiro atoms. The Morgan fingerprint density at radius 2 is 2.00 bits per heavy atom. The Balaban J connectivity index is 2.11. The molecule has 0 aliphatic carbocycles. The molecule has 2 N–H and O–H groups in total. The number of amides is 1. The van der Waals surface area contributed by atoms with Gasteiger partial charge in [0.05, 0.1) is 11.5 Å². The fourth-order valence-corrected chi connectivity index (χ4v) is 2.14. The second-order valence-electron chi connectivity index (χ2n) is 3.91. The van der Waals surface area contributed by atoms with Gasteiger partial charge in [-0.1, -0.05) is 0 Å². The molecule has 1 fully saturated rings. The number of hydrogen-bond acceptors (Lipinski definition) is 3. The molecule has 0 radical (unpaired) electrons. The van der Waals surface area contributed by atoms with Gasteiger partial charge in [0.15, 0.2) is 0 Å². The van der Waals surface area contributed by atoms with E-state index in [1.165, 1.54) is 11.0 Å². The predicted molar refractivity (Wildman–Crippen MR) is 67.9 cm³/mol. The van der Waals surface area contributed by atoms with Crippen molar-refractivity contribution in [2.45, 2.75) is 0 Å². The van der Waals surface area contributed by atoms with Gasteiger partial charge in [0.1, 0.15) is 5.75 Å². The van der Waals surface area contributed by atoms with Crippen molar-refractivity contribution in [2.24, 2.45) is 5.92 Å². The van der Waals surface area contributed by atoms with Gasteiger partial charge in [-0.3, -0.25) is 9.59 Å². The van der Waals surface area contributed by atoms with Gasteiger partial charge < -0.3 is 15.1 Å². The zero-order chi connectivity index (χ0) is 12.6. The maximum Gasteiger partial charge on any atom is 0.310 e. The Bertz CT molecular complexity index is 482. The van der Waals surface area contributed by atoms with Crippen LogP contribution in [0.5, 0.6) is 5.75 Å². The molecule has 1 aromatic rings. The van der Waals surface area contributed by atoms with E-state index >= 15 is 0 Å². The first-order valence-electron chi connectivity index (χ1n) is 4.99. The van der Waals surface area contributed by atoms with Crippen LogP contribution in [0.3, 0.4) is 0 Å². The highest BCUT2D eigenvalue weighted by Crippen LogP contribution is 2.25. The van der Waals surface area contributed by atoms with E-state index in [4.69, 9.17) is 5.11 Å². The average Bonchev–Trinajstić information content (AvgIpc) is 2.18. The molecule has 0 bridgehead atoms. The van der Waals surface area contributed by atoms with E-state index < -0.39 is 11.9 Å². The van der Waals surface area contributed by atoms with E-state index in [1.807, 2.05) is 22.6 Å². The van der Waals surface area contributed by atoms with Crippen LogP contribution >= 0.6 is 22.6 Å². The molecule has 0 saturated carbocycles.